The molecule has 0 fully saturated rings. The molecule has 3 aromatic rings. The van der Waals surface area contributed by atoms with Gasteiger partial charge in [0.05, 0.1) is 28.6 Å². The van der Waals surface area contributed by atoms with Gasteiger partial charge in [0.2, 0.25) is 0 Å². The highest BCUT2D eigenvalue weighted by atomic mass is 32.2. The van der Waals surface area contributed by atoms with Crippen LogP contribution in [0.2, 0.25) is 0 Å². The number of fused-ring (bicyclic) bond motifs is 1. The normalized spacial score (nSPS) is 13.3. The predicted molar refractivity (Wildman–Crippen MR) is 130 cm³/mol. The van der Waals surface area contributed by atoms with Crippen LogP contribution in [0.25, 0.3) is 10.9 Å². The van der Waals surface area contributed by atoms with Gasteiger partial charge in [-0.25, -0.2) is 4.39 Å². The Morgan fingerprint density at radius 1 is 1.32 bits per heavy atom. The van der Waals surface area contributed by atoms with Gasteiger partial charge in [-0.1, -0.05) is 6.07 Å². The molecule has 3 rings (SSSR count). The molecule has 8 nitrogen and oxygen atoms in total. The minimum absolute atomic E-state index is 0.0337. The van der Waals surface area contributed by atoms with Crippen molar-refractivity contribution in [1.29, 1.82) is 5.26 Å². The van der Waals surface area contributed by atoms with Crippen LogP contribution in [0.15, 0.2) is 40.3 Å². The molecule has 178 valence electrons. The van der Waals surface area contributed by atoms with Crippen molar-refractivity contribution in [1.82, 2.24) is 14.9 Å². The largest absolute Gasteiger partial charge is 0.609 e. The first-order chi connectivity index (χ1) is 15.8. The predicted octanol–water partition coefficient (Wildman–Crippen LogP) is 3.32. The first-order valence-corrected chi connectivity index (χ1v) is 12.0. The zero-order valence-corrected chi connectivity index (χ0v) is 20.6. The molecule has 1 amide bonds. The molecule has 0 saturated heterocycles. The lowest BCUT2D eigenvalue weighted by Crippen LogP contribution is -2.42. The van der Waals surface area contributed by atoms with Gasteiger partial charge in [0.15, 0.2) is 0 Å². The summed E-state index contributed by atoms with van der Waals surface area (Å²) in [4.78, 5) is 30.3. The van der Waals surface area contributed by atoms with Crippen LogP contribution in [-0.2, 0) is 18.2 Å². The number of nitriles is 1. The third-order valence-electron chi connectivity index (χ3n) is 5.34. The van der Waals surface area contributed by atoms with E-state index in [2.05, 4.69) is 15.6 Å². The van der Waals surface area contributed by atoms with Crippen LogP contribution >= 0.6 is 0 Å². The summed E-state index contributed by atoms with van der Waals surface area (Å²) in [6, 6.07) is 8.87. The molecule has 1 aromatic heterocycles. The number of aryl methyl sites for hydroxylation is 1. The molecule has 2 atom stereocenters. The number of aromatic nitrogens is 2. The van der Waals surface area contributed by atoms with Crippen molar-refractivity contribution < 1.29 is 13.7 Å². The summed E-state index contributed by atoms with van der Waals surface area (Å²) in [7, 11) is 1.53. The number of anilines is 1. The van der Waals surface area contributed by atoms with Crippen molar-refractivity contribution in [2.24, 2.45) is 7.05 Å². The number of carbonyl (C=O) groups is 1. The summed E-state index contributed by atoms with van der Waals surface area (Å²) < 4.78 is 27.4. The van der Waals surface area contributed by atoms with Gasteiger partial charge in [-0.05, 0) is 57.5 Å². The maximum Gasteiger partial charge on any atom is 0.326 e. The number of benzene rings is 2. The third-order valence-corrected chi connectivity index (χ3v) is 6.22. The molecule has 0 aliphatic carbocycles. The quantitative estimate of drug-likeness (QED) is 0.410. The van der Waals surface area contributed by atoms with E-state index in [9.17, 15) is 23.8 Å². The first kappa shape index (κ1) is 25.2. The van der Waals surface area contributed by atoms with Crippen LogP contribution in [-0.4, -0.2) is 31.8 Å². The maximum atomic E-state index is 14.0. The highest BCUT2D eigenvalue weighted by Crippen LogP contribution is 2.29. The molecular formula is C24H26FN5O3S. The molecular weight excluding hydrogens is 457 g/mol. The van der Waals surface area contributed by atoms with E-state index in [4.69, 9.17) is 0 Å². The van der Waals surface area contributed by atoms with Crippen molar-refractivity contribution in [2.45, 2.75) is 44.4 Å². The minimum Gasteiger partial charge on any atom is -0.609 e. The third kappa shape index (κ3) is 5.05. The van der Waals surface area contributed by atoms with Crippen LogP contribution in [0, 0.1) is 24.1 Å². The van der Waals surface area contributed by atoms with Gasteiger partial charge in [0.1, 0.15) is 17.6 Å². The average molecular weight is 484 g/mol. The molecule has 0 radical (unpaired) electrons. The van der Waals surface area contributed by atoms with E-state index in [1.165, 1.54) is 30.0 Å². The van der Waals surface area contributed by atoms with Gasteiger partial charge < -0.3 is 15.2 Å². The van der Waals surface area contributed by atoms with Crippen LogP contribution in [0.4, 0.5) is 10.1 Å². The highest BCUT2D eigenvalue weighted by Gasteiger charge is 2.24. The molecule has 0 aliphatic heterocycles. The van der Waals surface area contributed by atoms with E-state index in [0.29, 0.717) is 22.2 Å². The van der Waals surface area contributed by atoms with Crippen LogP contribution < -0.4 is 16.2 Å². The lowest BCUT2D eigenvalue weighted by atomic mass is 10.0. The summed E-state index contributed by atoms with van der Waals surface area (Å²) in [5.74, 6) is -1.20. The number of halogens is 1. The Balaban J connectivity index is 2.10. The Kier molecular flexibility index (Phi) is 7.00. The molecule has 34 heavy (non-hydrogen) atoms. The molecule has 10 heteroatoms. The van der Waals surface area contributed by atoms with E-state index in [1.807, 2.05) is 26.0 Å². The lowest BCUT2D eigenvalue weighted by Gasteiger charge is -2.22. The summed E-state index contributed by atoms with van der Waals surface area (Å²) in [5, 5.41) is 15.5. The Morgan fingerprint density at radius 3 is 2.62 bits per heavy atom. The fourth-order valence-electron chi connectivity index (χ4n) is 3.64. The second-order valence-corrected chi connectivity index (χ2v) is 9.98. The SMILES string of the molecule is Cc1cc([C@@H](C)Nc2ccc(F)cc2C(=O)NC(C)(C)C#N)c2nc([S+](C)[O-])n(C)c(=O)c2c1. The first-order valence-electron chi connectivity index (χ1n) is 10.5. The average Bonchev–Trinajstić information content (AvgIpc) is 2.76. The number of carbonyl (C=O) groups excluding carboxylic acids is 1. The van der Waals surface area contributed by atoms with Gasteiger partial charge >= 0.3 is 5.16 Å². The van der Waals surface area contributed by atoms with E-state index in [1.54, 1.807) is 19.9 Å². The second-order valence-electron chi connectivity index (χ2n) is 8.71. The summed E-state index contributed by atoms with van der Waals surface area (Å²) >= 11 is -1.48. The van der Waals surface area contributed by atoms with Crippen LogP contribution in [0.5, 0.6) is 0 Å². The van der Waals surface area contributed by atoms with Crippen LogP contribution in [0.1, 0.15) is 48.3 Å². The molecule has 0 bridgehead atoms. The smallest absolute Gasteiger partial charge is 0.326 e. The number of nitrogens with zero attached hydrogens (tertiary/aromatic N) is 3. The molecule has 1 heterocycles. The Bertz CT molecular complexity index is 1380. The monoisotopic (exact) mass is 483 g/mol. The molecule has 2 aromatic carbocycles. The number of rotatable bonds is 6. The van der Waals surface area contributed by atoms with Gasteiger partial charge in [-0.15, -0.1) is 0 Å². The summed E-state index contributed by atoms with van der Waals surface area (Å²) in [5.41, 5.74) is 0.811. The van der Waals surface area contributed by atoms with Crippen molar-refractivity contribution in [3.63, 3.8) is 0 Å². The standard InChI is InChI=1S/C24H26FN5O3S/c1-13-9-16(20-18(10-13)22(32)30(5)23(28-20)34(6)33)14(2)27-19-8-7-15(25)11-17(19)21(31)29-24(3,4)12-26/h7-11,14,27H,1-6H3,(H,29,31)/t14-,34?/m1/s1. The molecule has 0 aliphatic rings. The van der Waals surface area contributed by atoms with Crippen LogP contribution in [0.3, 0.4) is 0 Å². The molecule has 0 spiro atoms. The van der Waals surface area contributed by atoms with E-state index in [-0.39, 0.29) is 16.3 Å². The summed E-state index contributed by atoms with van der Waals surface area (Å²) in [6.07, 6.45) is 1.45. The lowest BCUT2D eigenvalue weighted by molar-refractivity contribution is 0.0929. The van der Waals surface area contributed by atoms with Crippen molar-refractivity contribution in [2.75, 3.05) is 11.6 Å². The molecule has 1 unspecified atom stereocenters. The zero-order valence-electron chi connectivity index (χ0n) is 19.8. The molecule has 2 N–H and O–H groups in total. The van der Waals surface area contributed by atoms with Crippen molar-refractivity contribution in [3.05, 3.63) is 63.2 Å². The zero-order chi connectivity index (χ0) is 25.4. The van der Waals surface area contributed by atoms with Gasteiger partial charge in [-0.3, -0.25) is 14.2 Å². The Labute approximate surface area is 200 Å². The fraction of sp³-hybridized carbons (Fsp3) is 0.333. The Hall–Kier alpha value is -3.42. The van der Waals surface area contributed by atoms with Gasteiger partial charge in [-0.2, -0.15) is 10.2 Å². The molecule has 0 saturated carbocycles. The van der Waals surface area contributed by atoms with E-state index < -0.39 is 34.5 Å². The van der Waals surface area contributed by atoms with Gasteiger partial charge in [0, 0.05) is 29.5 Å². The van der Waals surface area contributed by atoms with Gasteiger partial charge in [0.25, 0.3) is 11.5 Å². The fourth-order valence-corrected chi connectivity index (χ4v) is 4.33. The number of hydrogen-bond donors (Lipinski definition) is 2. The minimum atomic E-state index is -1.48. The Morgan fingerprint density at radius 2 is 2.00 bits per heavy atom. The van der Waals surface area contributed by atoms with E-state index in [0.717, 1.165) is 11.6 Å². The number of nitrogens with one attached hydrogen (secondary N) is 2. The van der Waals surface area contributed by atoms with Crippen molar-refractivity contribution in [3.8, 4) is 6.07 Å². The number of hydrogen-bond acceptors (Lipinski definition) is 6. The highest BCUT2D eigenvalue weighted by molar-refractivity contribution is 7.90. The number of amides is 1. The second kappa shape index (κ2) is 9.44. The van der Waals surface area contributed by atoms with Crippen molar-refractivity contribution >= 4 is 33.7 Å². The summed E-state index contributed by atoms with van der Waals surface area (Å²) in [6.45, 7) is 6.75. The topological polar surface area (TPSA) is 123 Å². The maximum absolute atomic E-state index is 14.0. The van der Waals surface area contributed by atoms with E-state index >= 15 is 0 Å².